The smallest absolute Gasteiger partial charge is 0.262 e. The molecule has 0 aliphatic carbocycles. The molecule has 41 heavy (non-hydrogen) atoms. The third-order valence-corrected chi connectivity index (χ3v) is 8.90. The zero-order valence-electron chi connectivity index (χ0n) is 24.8. The van der Waals surface area contributed by atoms with Crippen LogP contribution in [0, 0.1) is 0 Å². The van der Waals surface area contributed by atoms with E-state index in [2.05, 4.69) is 20.2 Å². The lowest BCUT2D eigenvalue weighted by molar-refractivity contribution is -0.123. The first-order valence-electron chi connectivity index (χ1n) is 13.6. The number of nitrogens with zero attached hydrogens (tertiary/aromatic N) is 7. The van der Waals surface area contributed by atoms with Crippen LogP contribution in [0.2, 0.25) is 0 Å². The number of hydrogen-bond donors (Lipinski definition) is 1. The van der Waals surface area contributed by atoms with Crippen molar-refractivity contribution in [2.75, 3.05) is 31.6 Å². The van der Waals surface area contributed by atoms with E-state index in [1.807, 2.05) is 57.5 Å². The Hall–Kier alpha value is -3.71. The van der Waals surface area contributed by atoms with Gasteiger partial charge >= 0.3 is 0 Å². The second-order valence-electron chi connectivity index (χ2n) is 11.6. The van der Waals surface area contributed by atoms with Crippen LogP contribution in [0.25, 0.3) is 0 Å². The third kappa shape index (κ3) is 6.79. The summed E-state index contributed by atoms with van der Waals surface area (Å²) in [6.45, 7) is 8.44. The van der Waals surface area contributed by atoms with Gasteiger partial charge in [-0.3, -0.25) is 9.59 Å². The number of sulfonamides is 1. The van der Waals surface area contributed by atoms with Crippen LogP contribution in [0.3, 0.4) is 0 Å². The van der Waals surface area contributed by atoms with E-state index < -0.39 is 27.5 Å². The molecule has 0 spiro atoms. The summed E-state index contributed by atoms with van der Waals surface area (Å²) in [5.74, 6) is -0.521. The first-order chi connectivity index (χ1) is 19.2. The minimum absolute atomic E-state index is 0.113. The molecule has 1 unspecified atom stereocenters. The molecule has 0 fully saturated rings. The number of aromatic nitrogens is 4. The Labute approximate surface area is 242 Å². The highest BCUT2D eigenvalue weighted by Gasteiger charge is 2.39. The minimum atomic E-state index is -4.15. The van der Waals surface area contributed by atoms with Gasteiger partial charge in [0.25, 0.3) is 15.9 Å². The van der Waals surface area contributed by atoms with E-state index >= 15 is 0 Å². The Kier molecular flexibility index (Phi) is 8.59. The number of anilines is 1. The van der Waals surface area contributed by atoms with E-state index in [1.165, 1.54) is 16.8 Å². The summed E-state index contributed by atoms with van der Waals surface area (Å²) in [6, 6.07) is 4.96. The summed E-state index contributed by atoms with van der Waals surface area (Å²) in [5, 5.41) is 2.76. The summed E-state index contributed by atoms with van der Waals surface area (Å²) in [7, 11) is 1.19. The Bertz CT molecular complexity index is 1520. The van der Waals surface area contributed by atoms with Crippen LogP contribution in [-0.4, -0.2) is 86.8 Å². The standard InChI is InChI=1S/C28H40N8O4S/c1-8-33(6)27(38)20-9-10-24-21(11-20)12-22(14-35(24)15-23-13-29-18-34(23)7)36(16-25(37)31-28(2,3)4)41(39,40)26-17-32(5)19-30-26/h9-11,13,17-19,22H,8,12,14-16H2,1-7H3,(H,31,37). The number of fused-ring (bicyclic) bond motifs is 1. The molecule has 2 aromatic heterocycles. The van der Waals surface area contributed by atoms with Crippen molar-refractivity contribution in [3.63, 3.8) is 0 Å². The lowest BCUT2D eigenvalue weighted by Gasteiger charge is -2.40. The maximum Gasteiger partial charge on any atom is 0.262 e. The SMILES string of the molecule is CCN(C)C(=O)c1ccc2c(c1)CC(N(CC(=O)NC(C)(C)C)S(=O)(=O)c1cn(C)cn1)CN2Cc1cncn1C. The van der Waals surface area contributed by atoms with E-state index in [0.717, 1.165) is 16.9 Å². The van der Waals surface area contributed by atoms with E-state index in [-0.39, 0.29) is 17.5 Å². The van der Waals surface area contributed by atoms with Crippen molar-refractivity contribution in [2.45, 2.75) is 57.3 Å². The molecule has 13 heteroatoms. The van der Waals surface area contributed by atoms with Gasteiger partial charge in [-0.15, -0.1) is 0 Å². The maximum absolute atomic E-state index is 14.0. The Morgan fingerprint density at radius 3 is 2.49 bits per heavy atom. The summed E-state index contributed by atoms with van der Waals surface area (Å²) in [6.07, 6.45) is 6.67. The fourth-order valence-corrected chi connectivity index (χ4v) is 6.49. The normalized spacial score (nSPS) is 15.6. The average Bonchev–Trinajstić information content (AvgIpc) is 3.52. The van der Waals surface area contributed by atoms with Gasteiger partial charge in [0.1, 0.15) is 0 Å². The van der Waals surface area contributed by atoms with Gasteiger partial charge in [0, 0.05) is 69.5 Å². The topological polar surface area (TPSA) is 126 Å². The molecule has 2 amide bonds. The lowest BCUT2D eigenvalue weighted by Crippen LogP contribution is -2.55. The predicted molar refractivity (Wildman–Crippen MR) is 156 cm³/mol. The second-order valence-corrected chi connectivity index (χ2v) is 13.5. The molecule has 1 aliphatic rings. The molecule has 1 aromatic carbocycles. The molecule has 0 radical (unpaired) electrons. The van der Waals surface area contributed by atoms with Crippen LogP contribution in [0.15, 0.2) is 48.3 Å². The number of carbonyl (C=O) groups is 2. The van der Waals surface area contributed by atoms with Gasteiger partial charge in [0.05, 0.1) is 31.4 Å². The van der Waals surface area contributed by atoms with Crippen molar-refractivity contribution in [3.8, 4) is 0 Å². The third-order valence-electron chi connectivity index (χ3n) is 7.12. The van der Waals surface area contributed by atoms with Crippen molar-refractivity contribution >= 4 is 27.5 Å². The highest BCUT2D eigenvalue weighted by molar-refractivity contribution is 7.89. The molecular weight excluding hydrogens is 544 g/mol. The van der Waals surface area contributed by atoms with Gasteiger partial charge in [-0.05, 0) is 57.9 Å². The Morgan fingerprint density at radius 1 is 1.17 bits per heavy atom. The molecular formula is C28H40N8O4S. The highest BCUT2D eigenvalue weighted by Crippen LogP contribution is 2.33. The van der Waals surface area contributed by atoms with Crippen LogP contribution in [0.4, 0.5) is 5.69 Å². The highest BCUT2D eigenvalue weighted by atomic mass is 32.2. The Morgan fingerprint density at radius 2 is 1.90 bits per heavy atom. The summed E-state index contributed by atoms with van der Waals surface area (Å²) >= 11 is 0. The molecule has 1 aliphatic heterocycles. The van der Waals surface area contributed by atoms with Gasteiger partial charge in [0.2, 0.25) is 5.91 Å². The van der Waals surface area contributed by atoms with Gasteiger partial charge in [-0.2, -0.15) is 4.31 Å². The Balaban J connectivity index is 1.79. The molecule has 3 aromatic rings. The first-order valence-corrected chi connectivity index (χ1v) is 15.0. The molecule has 1 N–H and O–H groups in total. The molecule has 0 saturated heterocycles. The van der Waals surface area contributed by atoms with E-state index in [9.17, 15) is 18.0 Å². The number of imidazole rings is 2. The predicted octanol–water partition coefficient (Wildman–Crippen LogP) is 1.78. The van der Waals surface area contributed by atoms with Crippen molar-refractivity contribution < 1.29 is 18.0 Å². The van der Waals surface area contributed by atoms with Crippen molar-refractivity contribution in [1.82, 2.24) is 33.6 Å². The van der Waals surface area contributed by atoms with Gasteiger partial charge < -0.3 is 24.3 Å². The number of benzene rings is 1. The number of hydrogen-bond acceptors (Lipinski definition) is 7. The van der Waals surface area contributed by atoms with E-state index in [4.69, 9.17) is 0 Å². The summed E-state index contributed by atoms with van der Waals surface area (Å²) in [5.41, 5.74) is 2.66. The monoisotopic (exact) mass is 584 g/mol. The van der Waals surface area contributed by atoms with Gasteiger partial charge in [-0.1, -0.05) is 0 Å². The van der Waals surface area contributed by atoms with Crippen LogP contribution in [-0.2, 0) is 41.9 Å². The molecule has 0 saturated carbocycles. The van der Waals surface area contributed by atoms with Crippen LogP contribution in [0.5, 0.6) is 0 Å². The molecule has 3 heterocycles. The maximum atomic E-state index is 14.0. The summed E-state index contributed by atoms with van der Waals surface area (Å²) in [4.78, 5) is 38.2. The number of carbonyl (C=O) groups excluding carboxylic acids is 2. The second kappa shape index (κ2) is 11.6. The number of aryl methyl sites for hydroxylation is 2. The van der Waals surface area contributed by atoms with Crippen molar-refractivity contribution in [1.29, 1.82) is 0 Å². The van der Waals surface area contributed by atoms with Crippen LogP contribution < -0.4 is 10.2 Å². The largest absolute Gasteiger partial charge is 0.364 e. The fraction of sp³-hybridized carbons (Fsp3) is 0.500. The zero-order chi connectivity index (χ0) is 30.1. The fourth-order valence-electron chi connectivity index (χ4n) is 4.95. The number of nitrogens with one attached hydrogen (secondary N) is 1. The van der Waals surface area contributed by atoms with Crippen LogP contribution in [0.1, 0.15) is 49.3 Å². The van der Waals surface area contributed by atoms with E-state index in [1.54, 1.807) is 36.1 Å². The van der Waals surface area contributed by atoms with Crippen LogP contribution >= 0.6 is 0 Å². The number of rotatable bonds is 9. The number of amides is 2. The first kappa shape index (κ1) is 30.3. The van der Waals surface area contributed by atoms with E-state index in [0.29, 0.717) is 31.6 Å². The van der Waals surface area contributed by atoms with Gasteiger partial charge in [-0.25, -0.2) is 18.4 Å². The molecule has 4 rings (SSSR count). The molecule has 0 bridgehead atoms. The van der Waals surface area contributed by atoms with Gasteiger partial charge in [0.15, 0.2) is 5.03 Å². The lowest BCUT2D eigenvalue weighted by atomic mass is 9.95. The minimum Gasteiger partial charge on any atom is -0.364 e. The zero-order valence-corrected chi connectivity index (χ0v) is 25.6. The van der Waals surface area contributed by atoms with Crippen molar-refractivity contribution in [2.24, 2.45) is 14.1 Å². The average molecular weight is 585 g/mol. The molecule has 12 nitrogen and oxygen atoms in total. The van der Waals surface area contributed by atoms with Crippen molar-refractivity contribution in [3.05, 3.63) is 60.1 Å². The molecule has 1 atom stereocenters. The quantitative estimate of drug-likeness (QED) is 0.406. The summed E-state index contributed by atoms with van der Waals surface area (Å²) < 4.78 is 32.8. The molecule has 222 valence electrons.